The summed E-state index contributed by atoms with van der Waals surface area (Å²) < 4.78 is 17.3. The number of rotatable bonds is 9. The Labute approximate surface area is 201 Å². The number of thioether (sulfide) groups is 1. The zero-order valence-corrected chi connectivity index (χ0v) is 20.1. The number of carbonyl (C=O) groups is 3. The molecule has 172 valence electrons. The van der Waals surface area contributed by atoms with Gasteiger partial charge in [0.25, 0.3) is 0 Å². The van der Waals surface area contributed by atoms with E-state index in [2.05, 4.69) is 38.0 Å². The van der Waals surface area contributed by atoms with E-state index in [0.29, 0.717) is 28.0 Å². The molecule has 2 aromatic heterocycles. The van der Waals surface area contributed by atoms with Crippen LogP contribution < -0.4 is 5.32 Å². The molecule has 0 aliphatic rings. The molecule has 3 rings (SSSR count). The highest BCUT2D eigenvalue weighted by atomic mass is 79.9. The number of esters is 2. The van der Waals surface area contributed by atoms with E-state index in [1.54, 1.807) is 22.8 Å². The second-order valence-electron chi connectivity index (χ2n) is 6.43. The first-order valence-corrected chi connectivity index (χ1v) is 11.2. The van der Waals surface area contributed by atoms with Gasteiger partial charge < -0.3 is 19.2 Å². The number of amides is 1. The molecule has 0 aliphatic carbocycles. The van der Waals surface area contributed by atoms with Gasteiger partial charge in [0.15, 0.2) is 15.6 Å². The number of methoxy groups -OCH3 is 2. The predicted molar refractivity (Wildman–Crippen MR) is 124 cm³/mol. The van der Waals surface area contributed by atoms with Crippen LogP contribution in [0.15, 0.2) is 57.2 Å². The number of ether oxygens (including phenoxy) is 2. The van der Waals surface area contributed by atoms with Crippen molar-refractivity contribution in [3.63, 3.8) is 0 Å². The molecule has 12 heteroatoms. The number of nitrogens with one attached hydrogen (secondary N) is 1. The van der Waals surface area contributed by atoms with Crippen molar-refractivity contribution >= 4 is 51.2 Å². The molecule has 0 saturated carbocycles. The Kier molecular flexibility index (Phi) is 8.06. The summed E-state index contributed by atoms with van der Waals surface area (Å²) in [7, 11) is 2.44. The molecule has 10 nitrogen and oxygen atoms in total. The van der Waals surface area contributed by atoms with Crippen LogP contribution in [0.25, 0.3) is 11.6 Å². The van der Waals surface area contributed by atoms with Crippen LogP contribution in [0.3, 0.4) is 0 Å². The molecular formula is C21H19BrN4O6S. The number of halogens is 1. The largest absolute Gasteiger partial charge is 0.465 e. The van der Waals surface area contributed by atoms with E-state index in [-0.39, 0.29) is 28.5 Å². The quantitative estimate of drug-likeness (QED) is 0.248. The summed E-state index contributed by atoms with van der Waals surface area (Å²) in [4.78, 5) is 36.4. The summed E-state index contributed by atoms with van der Waals surface area (Å²) >= 11 is 4.42. The maximum atomic E-state index is 12.6. The lowest BCUT2D eigenvalue weighted by molar-refractivity contribution is -0.113. The molecule has 0 fully saturated rings. The number of hydrogen-bond acceptors (Lipinski definition) is 9. The van der Waals surface area contributed by atoms with Crippen LogP contribution in [-0.2, 0) is 20.8 Å². The van der Waals surface area contributed by atoms with Gasteiger partial charge in [-0.2, -0.15) is 0 Å². The first kappa shape index (κ1) is 24.3. The van der Waals surface area contributed by atoms with Crippen molar-refractivity contribution in [2.75, 3.05) is 25.3 Å². The zero-order valence-electron chi connectivity index (χ0n) is 17.7. The third-order valence-electron chi connectivity index (χ3n) is 4.21. The fourth-order valence-corrected chi connectivity index (χ4v) is 3.86. The highest BCUT2D eigenvalue weighted by Gasteiger charge is 2.19. The third kappa shape index (κ3) is 5.90. The van der Waals surface area contributed by atoms with Gasteiger partial charge in [-0.25, -0.2) is 9.59 Å². The lowest BCUT2D eigenvalue weighted by Crippen LogP contribution is -2.16. The maximum absolute atomic E-state index is 12.6. The standard InChI is InChI=1S/C21H19BrN4O6S/c1-4-7-26-18(15-5-6-16(22)32-15)24-25-21(26)33-11-17(27)23-14-9-12(19(28)30-2)8-13(10-14)20(29)31-3/h4-6,8-10H,1,7,11H2,2-3H3,(H,23,27). The second kappa shape index (κ2) is 11.0. The molecule has 0 aliphatic heterocycles. The van der Waals surface area contributed by atoms with Gasteiger partial charge in [-0.1, -0.05) is 17.8 Å². The minimum atomic E-state index is -0.653. The Bertz CT molecular complexity index is 1170. The fraction of sp³-hybridized carbons (Fsp3) is 0.190. The van der Waals surface area contributed by atoms with E-state index in [4.69, 9.17) is 13.9 Å². The molecule has 3 aromatic rings. The van der Waals surface area contributed by atoms with Crippen LogP contribution >= 0.6 is 27.7 Å². The van der Waals surface area contributed by atoms with Crippen molar-refractivity contribution in [2.24, 2.45) is 0 Å². The van der Waals surface area contributed by atoms with Crippen molar-refractivity contribution in [1.82, 2.24) is 14.8 Å². The average Bonchev–Trinajstić information content (AvgIpc) is 3.42. The molecule has 0 unspecified atom stereocenters. The van der Waals surface area contributed by atoms with Gasteiger partial charge in [-0.3, -0.25) is 9.36 Å². The van der Waals surface area contributed by atoms with Crippen molar-refractivity contribution in [3.05, 3.63) is 58.8 Å². The summed E-state index contributed by atoms with van der Waals surface area (Å²) in [5.41, 5.74) is 0.448. The fourth-order valence-electron chi connectivity index (χ4n) is 2.80. The van der Waals surface area contributed by atoms with Crippen LogP contribution in [0.2, 0.25) is 0 Å². The van der Waals surface area contributed by atoms with Gasteiger partial charge in [-0.15, -0.1) is 16.8 Å². The Morgan fingerprint density at radius 2 is 1.82 bits per heavy atom. The van der Waals surface area contributed by atoms with Crippen molar-refractivity contribution in [1.29, 1.82) is 0 Å². The molecule has 0 saturated heterocycles. The molecule has 1 aromatic carbocycles. The van der Waals surface area contributed by atoms with Crippen molar-refractivity contribution < 1.29 is 28.3 Å². The highest BCUT2D eigenvalue weighted by molar-refractivity contribution is 9.10. The molecule has 1 N–H and O–H groups in total. The summed E-state index contributed by atoms with van der Waals surface area (Å²) in [6.45, 7) is 4.16. The smallest absolute Gasteiger partial charge is 0.337 e. The van der Waals surface area contributed by atoms with Gasteiger partial charge in [0.2, 0.25) is 11.7 Å². The number of furan rings is 1. The second-order valence-corrected chi connectivity index (χ2v) is 8.15. The number of hydrogen-bond donors (Lipinski definition) is 1. The first-order chi connectivity index (χ1) is 15.9. The Morgan fingerprint density at radius 1 is 1.15 bits per heavy atom. The third-order valence-corrected chi connectivity index (χ3v) is 5.61. The minimum absolute atomic E-state index is 0.00681. The molecule has 2 heterocycles. The van der Waals surface area contributed by atoms with Gasteiger partial charge in [0.05, 0.1) is 31.1 Å². The van der Waals surface area contributed by atoms with E-state index >= 15 is 0 Å². The molecule has 0 radical (unpaired) electrons. The number of allylic oxidation sites excluding steroid dienone is 1. The Hall–Kier alpha value is -3.38. The van der Waals surface area contributed by atoms with Crippen LogP contribution in [-0.4, -0.2) is 52.6 Å². The van der Waals surface area contributed by atoms with E-state index in [1.807, 2.05) is 0 Å². The molecule has 0 spiro atoms. The van der Waals surface area contributed by atoms with E-state index in [9.17, 15) is 14.4 Å². The number of aromatic nitrogens is 3. The summed E-state index contributed by atoms with van der Waals surface area (Å²) in [5, 5.41) is 11.5. The number of carbonyl (C=O) groups excluding carboxylic acids is 3. The van der Waals surface area contributed by atoms with Crippen molar-refractivity contribution in [3.8, 4) is 11.6 Å². The summed E-state index contributed by atoms with van der Waals surface area (Å²) in [5.74, 6) is -0.680. The van der Waals surface area contributed by atoms with E-state index in [0.717, 1.165) is 11.8 Å². The minimum Gasteiger partial charge on any atom is -0.465 e. The molecule has 0 atom stereocenters. The number of nitrogens with zero attached hydrogens (tertiary/aromatic N) is 3. The zero-order chi connectivity index (χ0) is 24.0. The maximum Gasteiger partial charge on any atom is 0.337 e. The van der Waals surface area contributed by atoms with E-state index < -0.39 is 11.9 Å². The van der Waals surface area contributed by atoms with Gasteiger partial charge in [0, 0.05) is 12.2 Å². The summed E-state index contributed by atoms with van der Waals surface area (Å²) in [6.07, 6.45) is 1.68. The molecule has 0 bridgehead atoms. The Balaban J connectivity index is 1.75. The molecule has 33 heavy (non-hydrogen) atoms. The van der Waals surface area contributed by atoms with Crippen LogP contribution in [0.5, 0.6) is 0 Å². The lowest BCUT2D eigenvalue weighted by atomic mass is 10.1. The monoisotopic (exact) mass is 534 g/mol. The average molecular weight is 535 g/mol. The summed E-state index contributed by atoms with van der Waals surface area (Å²) in [6, 6.07) is 7.64. The van der Waals surface area contributed by atoms with Crippen LogP contribution in [0.1, 0.15) is 20.7 Å². The first-order valence-electron chi connectivity index (χ1n) is 9.40. The van der Waals surface area contributed by atoms with E-state index in [1.165, 1.54) is 32.4 Å². The predicted octanol–water partition coefficient (Wildman–Crippen LogP) is 3.79. The lowest BCUT2D eigenvalue weighted by Gasteiger charge is -2.10. The van der Waals surface area contributed by atoms with Gasteiger partial charge in [0.1, 0.15) is 0 Å². The van der Waals surface area contributed by atoms with Crippen LogP contribution in [0, 0.1) is 0 Å². The van der Waals surface area contributed by atoms with Gasteiger partial charge in [-0.05, 0) is 46.3 Å². The van der Waals surface area contributed by atoms with Crippen LogP contribution in [0.4, 0.5) is 5.69 Å². The number of anilines is 1. The molecule has 1 amide bonds. The molecular weight excluding hydrogens is 516 g/mol. The normalized spacial score (nSPS) is 10.5. The van der Waals surface area contributed by atoms with Crippen molar-refractivity contribution in [2.45, 2.75) is 11.7 Å². The Morgan fingerprint density at radius 3 is 2.36 bits per heavy atom. The van der Waals surface area contributed by atoms with Gasteiger partial charge >= 0.3 is 11.9 Å². The topological polar surface area (TPSA) is 126 Å². The SMILES string of the molecule is C=CCn1c(SCC(=O)Nc2cc(C(=O)OC)cc(C(=O)OC)c2)nnc1-c1ccc(Br)o1. The highest BCUT2D eigenvalue weighted by Crippen LogP contribution is 2.27. The number of benzene rings is 1.